The summed E-state index contributed by atoms with van der Waals surface area (Å²) in [6.45, 7) is -2.74. The van der Waals surface area contributed by atoms with Crippen molar-refractivity contribution in [3.63, 3.8) is 0 Å². The predicted octanol–water partition coefficient (Wildman–Crippen LogP) is -6.06. The normalized spacial score (nSPS) is 10.3. The fourth-order valence-corrected chi connectivity index (χ4v) is 2.22. The maximum Gasteiger partial charge on any atom is 3.00 e. The second-order valence-electron chi connectivity index (χ2n) is 5.67. The van der Waals surface area contributed by atoms with Gasteiger partial charge in [-0.1, -0.05) is 0 Å². The third-order valence-electron chi connectivity index (χ3n) is 3.26. The molecule has 13 nitrogen and oxygen atoms in total. The molecule has 0 bridgehead atoms. The van der Waals surface area contributed by atoms with Crippen LogP contribution in [0.5, 0.6) is 0 Å². The molecule has 0 aliphatic heterocycles. The molecule has 0 aliphatic carbocycles. The Kier molecular flexibility index (Phi) is 20.2. The van der Waals surface area contributed by atoms with E-state index in [0.717, 1.165) is 9.80 Å². The van der Waals surface area contributed by atoms with Crippen molar-refractivity contribution in [1.82, 2.24) is 14.7 Å². The Morgan fingerprint density at radius 2 is 0.621 bits per heavy atom. The van der Waals surface area contributed by atoms with Crippen molar-refractivity contribution in [2.75, 3.05) is 58.9 Å². The number of carboxylic acids is 5. The van der Waals surface area contributed by atoms with Crippen LogP contribution in [-0.2, 0) is 24.0 Å². The van der Waals surface area contributed by atoms with Crippen molar-refractivity contribution in [2.45, 2.75) is 0 Å². The van der Waals surface area contributed by atoms with E-state index in [2.05, 4.69) is 0 Å². The van der Waals surface area contributed by atoms with Gasteiger partial charge in [-0.2, -0.15) is 0 Å². The van der Waals surface area contributed by atoms with Crippen molar-refractivity contribution >= 4 is 55.7 Å². The second kappa shape index (κ2) is 17.9. The maximum absolute atomic E-state index is 11.0. The molecule has 154 valence electrons. The van der Waals surface area contributed by atoms with Crippen LogP contribution in [0, 0.1) is 0 Å². The van der Waals surface area contributed by atoms with Gasteiger partial charge < -0.3 is 25.5 Å². The van der Waals surface area contributed by atoms with Crippen LogP contribution in [0.4, 0.5) is 0 Å². The fourth-order valence-electron chi connectivity index (χ4n) is 2.22. The third-order valence-corrected chi connectivity index (χ3v) is 3.26. The van der Waals surface area contributed by atoms with Gasteiger partial charge in [0.25, 0.3) is 0 Å². The zero-order valence-electron chi connectivity index (χ0n) is 16.1. The molecule has 0 heterocycles. The minimum absolute atomic E-state index is 0. The van der Waals surface area contributed by atoms with Gasteiger partial charge in [-0.3, -0.25) is 38.7 Å². The van der Waals surface area contributed by atoms with Gasteiger partial charge in [-0.05, 0) is 0 Å². The summed E-state index contributed by atoms with van der Waals surface area (Å²) in [6.07, 6.45) is 0. The number of carboxylic acid groups (broad SMARTS) is 5. The molecular formula is C14H23InN3NaO10+4. The van der Waals surface area contributed by atoms with Gasteiger partial charge in [0.15, 0.2) is 0 Å². The summed E-state index contributed by atoms with van der Waals surface area (Å²) in [7, 11) is 0. The Morgan fingerprint density at radius 1 is 0.448 bits per heavy atom. The first-order chi connectivity index (χ1) is 12.5. The van der Waals surface area contributed by atoms with Crippen molar-refractivity contribution in [1.29, 1.82) is 0 Å². The monoisotopic (exact) mass is 527 g/mol. The topological polar surface area (TPSA) is 196 Å². The van der Waals surface area contributed by atoms with E-state index in [0.29, 0.717) is 0 Å². The summed E-state index contributed by atoms with van der Waals surface area (Å²) >= 11 is 0. The maximum atomic E-state index is 11.0. The fraction of sp³-hybridized carbons (Fsp3) is 0.643. The van der Waals surface area contributed by atoms with Crippen LogP contribution in [0.2, 0.25) is 0 Å². The van der Waals surface area contributed by atoms with E-state index in [1.807, 2.05) is 0 Å². The van der Waals surface area contributed by atoms with Gasteiger partial charge in [0, 0.05) is 26.2 Å². The van der Waals surface area contributed by atoms with Crippen LogP contribution in [-0.4, -0.2) is 155 Å². The molecule has 0 amide bonds. The Hall–Kier alpha value is -0.900. The first-order valence-corrected chi connectivity index (χ1v) is 7.75. The molecule has 0 rings (SSSR count). The van der Waals surface area contributed by atoms with E-state index in [4.69, 9.17) is 25.5 Å². The molecule has 0 spiro atoms. The summed E-state index contributed by atoms with van der Waals surface area (Å²) in [6, 6.07) is 0. The molecule has 5 N–H and O–H groups in total. The molecule has 0 saturated heterocycles. The second-order valence-corrected chi connectivity index (χ2v) is 5.67. The van der Waals surface area contributed by atoms with Crippen molar-refractivity contribution in [3.05, 3.63) is 0 Å². The largest absolute Gasteiger partial charge is 3.00 e. The van der Waals surface area contributed by atoms with Crippen LogP contribution < -0.4 is 29.6 Å². The Labute approximate surface area is 207 Å². The average Bonchev–Trinajstić information content (AvgIpc) is 2.46. The smallest absolute Gasteiger partial charge is 0.480 e. The molecule has 15 heteroatoms. The SMILES string of the molecule is O=C(O)CN(CCN(CC(=O)O)CC(=O)O)CCN(CC(=O)O)CC(=O)O.[111In+3].[Na+]. The van der Waals surface area contributed by atoms with E-state index < -0.39 is 62.6 Å². The van der Waals surface area contributed by atoms with E-state index in [-0.39, 0.29) is 81.6 Å². The molecule has 0 atom stereocenters. The molecule has 0 radical (unpaired) electrons. The van der Waals surface area contributed by atoms with Crippen molar-refractivity contribution < 1.29 is 79.1 Å². The van der Waals surface area contributed by atoms with Crippen LogP contribution in [0.25, 0.3) is 0 Å². The number of nitrogens with zero attached hydrogens (tertiary/aromatic N) is 3. The summed E-state index contributed by atoms with van der Waals surface area (Å²) in [5.74, 6) is -6.16. The molecule has 0 aliphatic rings. The van der Waals surface area contributed by atoms with Crippen molar-refractivity contribution in [3.8, 4) is 0 Å². The molecule has 0 unspecified atom stereocenters. The van der Waals surface area contributed by atoms with Crippen LogP contribution in [0.3, 0.4) is 0 Å². The zero-order chi connectivity index (χ0) is 21.0. The van der Waals surface area contributed by atoms with Gasteiger partial charge in [-0.15, -0.1) is 0 Å². The van der Waals surface area contributed by atoms with Gasteiger partial charge >= 0.3 is 85.2 Å². The number of rotatable bonds is 16. The van der Waals surface area contributed by atoms with E-state index in [1.165, 1.54) is 4.90 Å². The minimum atomic E-state index is -1.24. The number of hydrogen-bond acceptors (Lipinski definition) is 8. The molecule has 0 aromatic carbocycles. The molecule has 0 saturated carbocycles. The van der Waals surface area contributed by atoms with Gasteiger partial charge in [0.05, 0.1) is 32.7 Å². The van der Waals surface area contributed by atoms with Crippen LogP contribution in [0.1, 0.15) is 0 Å². The Balaban J connectivity index is -0.00000338. The molecule has 0 aromatic rings. The number of carbonyl (C=O) groups is 5. The first kappa shape index (κ1) is 32.8. The zero-order valence-corrected chi connectivity index (χ0v) is 21.4. The summed E-state index contributed by atoms with van der Waals surface area (Å²) in [4.78, 5) is 57.6. The van der Waals surface area contributed by atoms with Crippen LogP contribution >= 0.6 is 0 Å². The third kappa shape index (κ3) is 20.2. The van der Waals surface area contributed by atoms with E-state index in [9.17, 15) is 24.0 Å². The van der Waals surface area contributed by atoms with Gasteiger partial charge in [0.1, 0.15) is 0 Å². The minimum Gasteiger partial charge on any atom is -0.480 e. The molecule has 0 aromatic heterocycles. The standard InChI is InChI=1S/C14H23N3O10.In.Na/c18-10(19)5-15(1-3-16(6-11(20)21)7-12(22)23)2-4-17(8-13(24)25)9-14(26)27;;/h1-9H2,(H,18,19)(H,20,21)(H,22,23)(H,24,25)(H,26,27);;/q;+3;+1/i;1-4;. The number of aliphatic carboxylic acids is 5. The Bertz CT molecular complexity index is 494. The molecule has 29 heavy (non-hydrogen) atoms. The predicted molar refractivity (Wildman–Crippen MR) is 93.3 cm³/mol. The van der Waals surface area contributed by atoms with E-state index >= 15 is 0 Å². The quantitative estimate of drug-likeness (QED) is 0.119. The molecular weight excluding hydrogens is 504 g/mol. The number of hydrogen-bond donors (Lipinski definition) is 5. The van der Waals surface area contributed by atoms with Gasteiger partial charge in [-0.25, -0.2) is 0 Å². The average molecular weight is 527 g/mol. The first-order valence-electron chi connectivity index (χ1n) is 7.75. The van der Waals surface area contributed by atoms with Crippen molar-refractivity contribution in [2.24, 2.45) is 0 Å². The molecule has 0 fully saturated rings. The van der Waals surface area contributed by atoms with Crippen LogP contribution in [0.15, 0.2) is 0 Å². The Morgan fingerprint density at radius 3 is 0.828 bits per heavy atom. The summed E-state index contributed by atoms with van der Waals surface area (Å²) < 4.78 is 0. The van der Waals surface area contributed by atoms with Gasteiger partial charge in [0.2, 0.25) is 0 Å². The summed E-state index contributed by atoms with van der Waals surface area (Å²) in [5, 5.41) is 44.1. The summed E-state index contributed by atoms with van der Waals surface area (Å²) in [5.41, 5.74) is 0. The van der Waals surface area contributed by atoms with E-state index in [1.54, 1.807) is 0 Å².